The van der Waals surface area contributed by atoms with E-state index in [1.807, 2.05) is 0 Å². The molecule has 250 valence electrons. The van der Waals surface area contributed by atoms with Crippen molar-refractivity contribution in [3.63, 3.8) is 0 Å². The molecule has 2 fully saturated rings. The Morgan fingerprint density at radius 2 is 1.70 bits per heavy atom. The van der Waals surface area contributed by atoms with E-state index in [1.165, 1.54) is 23.2 Å². The first kappa shape index (κ1) is 33.1. The van der Waals surface area contributed by atoms with E-state index in [0.29, 0.717) is 50.4 Å². The first-order chi connectivity index (χ1) is 22.5. The standard InChI is InChI=1S/C32H41BrN10O3S/c1-21-18-26(28(46-4)19-27(21)43-12-8-22(9-13-43)42-16-14-40(2)15-17-42)38-32-36-20-23(33)31(39-32)37-25-7-6-24-29(35-11-10-34-24)30(25)41(3)47(5,44)45/h6-7,10-11,18-20,22H,8-9,12-17H2,1-5H3,(H2,36,37,38,39). The van der Waals surface area contributed by atoms with Gasteiger partial charge in [-0.2, -0.15) is 4.98 Å². The van der Waals surface area contributed by atoms with Crippen molar-refractivity contribution in [2.45, 2.75) is 25.8 Å². The van der Waals surface area contributed by atoms with Gasteiger partial charge in [-0.3, -0.25) is 19.2 Å². The summed E-state index contributed by atoms with van der Waals surface area (Å²) in [5, 5.41) is 6.60. The molecular weight excluding hydrogens is 684 g/mol. The van der Waals surface area contributed by atoms with E-state index >= 15 is 0 Å². The molecule has 0 aliphatic carbocycles. The minimum absolute atomic E-state index is 0.340. The monoisotopic (exact) mass is 724 g/mol. The fourth-order valence-electron chi connectivity index (χ4n) is 6.31. The number of nitrogens with one attached hydrogen (secondary N) is 2. The van der Waals surface area contributed by atoms with Gasteiger partial charge in [-0.25, -0.2) is 13.4 Å². The number of methoxy groups -OCH3 is 1. The zero-order valence-electron chi connectivity index (χ0n) is 27.4. The van der Waals surface area contributed by atoms with Gasteiger partial charge in [0.1, 0.15) is 22.8 Å². The Morgan fingerprint density at radius 3 is 2.40 bits per heavy atom. The van der Waals surface area contributed by atoms with E-state index in [0.717, 1.165) is 69.6 Å². The SMILES string of the molecule is COc1cc(N2CCC(N3CCN(C)CC3)CC2)c(C)cc1Nc1ncc(Br)c(Nc2ccc3nccnc3c2N(C)S(C)(=O)=O)n1. The molecule has 0 spiro atoms. The highest BCUT2D eigenvalue weighted by atomic mass is 79.9. The largest absolute Gasteiger partial charge is 0.494 e. The van der Waals surface area contributed by atoms with Crippen molar-refractivity contribution < 1.29 is 13.2 Å². The molecule has 6 rings (SSSR count). The zero-order chi connectivity index (χ0) is 33.3. The van der Waals surface area contributed by atoms with Gasteiger partial charge in [0, 0.05) is 82.7 Å². The van der Waals surface area contributed by atoms with E-state index in [4.69, 9.17) is 9.72 Å². The number of rotatable bonds is 9. The summed E-state index contributed by atoms with van der Waals surface area (Å²) in [6, 6.07) is 8.35. The van der Waals surface area contributed by atoms with Gasteiger partial charge in [-0.05, 0) is 66.5 Å². The smallest absolute Gasteiger partial charge is 0.232 e. The number of nitrogens with zero attached hydrogens (tertiary/aromatic N) is 8. The Bertz CT molecular complexity index is 1860. The number of benzene rings is 2. The van der Waals surface area contributed by atoms with E-state index in [1.54, 1.807) is 31.6 Å². The van der Waals surface area contributed by atoms with Crippen LogP contribution in [0.15, 0.2) is 47.3 Å². The number of piperidine rings is 1. The highest BCUT2D eigenvalue weighted by molar-refractivity contribution is 9.10. The molecule has 2 aliphatic heterocycles. The number of aryl methyl sites for hydroxylation is 1. The summed E-state index contributed by atoms with van der Waals surface area (Å²) in [5.41, 5.74) is 4.91. The van der Waals surface area contributed by atoms with Gasteiger partial charge in [-0.15, -0.1) is 0 Å². The fourth-order valence-corrected chi connectivity index (χ4v) is 7.12. The van der Waals surface area contributed by atoms with E-state index in [2.05, 4.69) is 82.3 Å². The average Bonchev–Trinajstić information content (AvgIpc) is 3.06. The molecule has 0 radical (unpaired) electrons. The molecule has 13 nitrogen and oxygen atoms in total. The molecule has 2 saturated heterocycles. The third-order valence-electron chi connectivity index (χ3n) is 9.05. The Morgan fingerprint density at radius 1 is 0.979 bits per heavy atom. The van der Waals surface area contributed by atoms with Crippen LogP contribution in [0.5, 0.6) is 5.75 Å². The number of sulfonamides is 1. The van der Waals surface area contributed by atoms with E-state index in [9.17, 15) is 8.42 Å². The van der Waals surface area contributed by atoms with Crippen molar-refractivity contribution in [3.8, 4) is 5.75 Å². The predicted molar refractivity (Wildman–Crippen MR) is 191 cm³/mol. The first-order valence-corrected chi connectivity index (χ1v) is 18.3. The number of hydrogen-bond donors (Lipinski definition) is 2. The Hall–Kier alpha value is -3.79. The molecule has 2 aromatic heterocycles. The van der Waals surface area contributed by atoms with Crippen LogP contribution in [0.1, 0.15) is 18.4 Å². The lowest BCUT2D eigenvalue weighted by molar-refractivity contribution is 0.0982. The van der Waals surface area contributed by atoms with Crippen molar-refractivity contribution in [2.75, 3.05) is 86.6 Å². The lowest BCUT2D eigenvalue weighted by Gasteiger charge is -2.43. The van der Waals surface area contributed by atoms with Crippen molar-refractivity contribution in [2.24, 2.45) is 0 Å². The maximum Gasteiger partial charge on any atom is 0.232 e. The molecule has 4 aromatic rings. The first-order valence-electron chi connectivity index (χ1n) is 15.6. The number of piperazine rings is 1. The molecule has 0 amide bonds. The number of anilines is 6. The maximum atomic E-state index is 12.6. The van der Waals surface area contributed by atoms with Crippen LogP contribution in [0.4, 0.5) is 34.5 Å². The molecule has 0 bridgehead atoms. The van der Waals surface area contributed by atoms with Crippen LogP contribution in [0.2, 0.25) is 0 Å². The topological polar surface area (TPSA) is 132 Å². The zero-order valence-corrected chi connectivity index (χ0v) is 29.8. The lowest BCUT2D eigenvalue weighted by atomic mass is 10.0. The summed E-state index contributed by atoms with van der Waals surface area (Å²) < 4.78 is 32.8. The van der Waals surface area contributed by atoms with Crippen LogP contribution in [0.25, 0.3) is 11.0 Å². The number of halogens is 1. The summed E-state index contributed by atoms with van der Waals surface area (Å²) in [5.74, 6) is 1.47. The maximum absolute atomic E-state index is 12.6. The summed E-state index contributed by atoms with van der Waals surface area (Å²) in [4.78, 5) is 25.5. The molecule has 0 saturated carbocycles. The average molecular weight is 726 g/mol. The van der Waals surface area contributed by atoms with Crippen LogP contribution < -0.4 is 24.6 Å². The summed E-state index contributed by atoms with van der Waals surface area (Å²) >= 11 is 3.54. The molecule has 2 aliphatic rings. The highest BCUT2D eigenvalue weighted by Crippen LogP contribution is 2.38. The number of likely N-dealkylation sites (N-methyl/N-ethyl adjacent to an activating group) is 1. The second-order valence-electron chi connectivity index (χ2n) is 12.2. The van der Waals surface area contributed by atoms with Gasteiger partial charge < -0.3 is 25.2 Å². The lowest BCUT2D eigenvalue weighted by Crippen LogP contribution is -2.52. The minimum atomic E-state index is -3.61. The number of ether oxygens (including phenoxy) is 1. The number of hydrogen-bond acceptors (Lipinski definition) is 12. The van der Waals surface area contributed by atoms with E-state index < -0.39 is 10.0 Å². The Balaban J connectivity index is 1.22. The fraction of sp³-hybridized carbons (Fsp3) is 0.438. The highest BCUT2D eigenvalue weighted by Gasteiger charge is 2.28. The normalized spacial score (nSPS) is 16.8. The molecule has 4 heterocycles. The minimum Gasteiger partial charge on any atom is -0.494 e. The number of aromatic nitrogens is 4. The summed E-state index contributed by atoms with van der Waals surface area (Å²) in [6.07, 6.45) is 8.19. The van der Waals surface area contributed by atoms with Crippen molar-refractivity contribution in [1.82, 2.24) is 29.7 Å². The van der Waals surface area contributed by atoms with Gasteiger partial charge in [-0.1, -0.05) is 0 Å². The third kappa shape index (κ3) is 7.22. The second-order valence-corrected chi connectivity index (χ2v) is 15.0. The van der Waals surface area contributed by atoms with Crippen molar-refractivity contribution in [1.29, 1.82) is 0 Å². The van der Waals surface area contributed by atoms with Crippen LogP contribution in [0.3, 0.4) is 0 Å². The molecule has 15 heteroatoms. The molecular formula is C32H41BrN10O3S. The van der Waals surface area contributed by atoms with Gasteiger partial charge >= 0.3 is 0 Å². The Kier molecular flexibility index (Phi) is 9.69. The molecule has 0 unspecified atom stereocenters. The Labute approximate surface area is 284 Å². The second kappa shape index (κ2) is 13.7. The molecule has 2 aromatic carbocycles. The van der Waals surface area contributed by atoms with Crippen LogP contribution in [-0.2, 0) is 10.0 Å². The number of fused-ring (bicyclic) bond motifs is 1. The van der Waals surface area contributed by atoms with Crippen molar-refractivity contribution in [3.05, 3.63) is 52.9 Å². The summed E-state index contributed by atoms with van der Waals surface area (Å²) in [7, 11) is 1.74. The van der Waals surface area contributed by atoms with Gasteiger partial charge in [0.25, 0.3) is 0 Å². The van der Waals surface area contributed by atoms with Crippen LogP contribution >= 0.6 is 15.9 Å². The van der Waals surface area contributed by atoms with Crippen LogP contribution in [-0.4, -0.2) is 111 Å². The van der Waals surface area contributed by atoms with Gasteiger partial charge in [0.15, 0.2) is 0 Å². The molecule has 47 heavy (non-hydrogen) atoms. The van der Waals surface area contributed by atoms with E-state index in [-0.39, 0.29) is 0 Å². The predicted octanol–water partition coefficient (Wildman–Crippen LogP) is 4.60. The summed E-state index contributed by atoms with van der Waals surface area (Å²) in [6.45, 7) is 8.73. The van der Waals surface area contributed by atoms with Crippen LogP contribution in [0, 0.1) is 6.92 Å². The van der Waals surface area contributed by atoms with Crippen molar-refractivity contribution >= 4 is 71.5 Å². The third-order valence-corrected chi connectivity index (χ3v) is 10.8. The van der Waals surface area contributed by atoms with Gasteiger partial charge in [0.05, 0.1) is 34.7 Å². The molecule has 0 atom stereocenters. The molecule has 2 N–H and O–H groups in total. The quantitative estimate of drug-likeness (QED) is 0.250. The van der Waals surface area contributed by atoms with Gasteiger partial charge in [0.2, 0.25) is 16.0 Å².